The van der Waals surface area contributed by atoms with E-state index in [1.807, 2.05) is 31.2 Å². The van der Waals surface area contributed by atoms with Gasteiger partial charge in [-0.2, -0.15) is 10.1 Å². The summed E-state index contributed by atoms with van der Waals surface area (Å²) in [5.74, 6) is 0.912. The van der Waals surface area contributed by atoms with Gasteiger partial charge in [0.1, 0.15) is 24.7 Å². The van der Waals surface area contributed by atoms with Crippen LogP contribution in [0.15, 0.2) is 54.5 Å². The summed E-state index contributed by atoms with van der Waals surface area (Å²) in [5, 5.41) is 7.40. The van der Waals surface area contributed by atoms with Crippen LogP contribution in [0.3, 0.4) is 0 Å². The summed E-state index contributed by atoms with van der Waals surface area (Å²) < 4.78 is 12.7. The molecule has 0 saturated carbocycles. The zero-order valence-electron chi connectivity index (χ0n) is 14.9. The standard InChI is InChI=1S/C19H22N4O3/c1-4-9-25-15-8-6-7-14(11-15)17-16(18(24)26-10-5-2)13(3)22-19-20-12-21-23(17)19/h5-8,11-12,17H,2,4,9-10H2,1,3H3,(H,20,21,22). The van der Waals surface area contributed by atoms with Crippen molar-refractivity contribution in [2.24, 2.45) is 0 Å². The Morgan fingerprint density at radius 1 is 1.46 bits per heavy atom. The molecule has 136 valence electrons. The normalized spacial score (nSPS) is 15.8. The Morgan fingerprint density at radius 3 is 3.08 bits per heavy atom. The van der Waals surface area contributed by atoms with E-state index in [9.17, 15) is 4.79 Å². The van der Waals surface area contributed by atoms with E-state index in [0.717, 1.165) is 17.7 Å². The van der Waals surface area contributed by atoms with Gasteiger partial charge in [-0.3, -0.25) is 0 Å². The Hall–Kier alpha value is -3.09. The molecule has 1 N–H and O–H groups in total. The first-order chi connectivity index (χ1) is 12.7. The summed E-state index contributed by atoms with van der Waals surface area (Å²) in [6, 6.07) is 7.21. The van der Waals surface area contributed by atoms with Crippen LogP contribution in [0.5, 0.6) is 5.75 Å². The van der Waals surface area contributed by atoms with Gasteiger partial charge in [0.2, 0.25) is 5.95 Å². The van der Waals surface area contributed by atoms with E-state index in [4.69, 9.17) is 9.47 Å². The van der Waals surface area contributed by atoms with Gasteiger partial charge in [-0.25, -0.2) is 9.48 Å². The van der Waals surface area contributed by atoms with Crippen molar-refractivity contribution in [3.8, 4) is 5.75 Å². The highest BCUT2D eigenvalue weighted by Crippen LogP contribution is 2.36. The molecule has 0 saturated heterocycles. The van der Waals surface area contributed by atoms with Gasteiger partial charge in [0.05, 0.1) is 12.2 Å². The Balaban J connectivity index is 2.03. The molecule has 2 heterocycles. The molecule has 1 aromatic heterocycles. The zero-order chi connectivity index (χ0) is 18.5. The maximum atomic E-state index is 12.7. The minimum atomic E-state index is -0.448. The lowest BCUT2D eigenvalue weighted by molar-refractivity contribution is -0.138. The number of carbonyl (C=O) groups excluding carboxylic acids is 1. The minimum Gasteiger partial charge on any atom is -0.494 e. The highest BCUT2D eigenvalue weighted by atomic mass is 16.5. The van der Waals surface area contributed by atoms with Gasteiger partial charge in [0.25, 0.3) is 0 Å². The average Bonchev–Trinajstić information content (AvgIpc) is 3.11. The summed E-state index contributed by atoms with van der Waals surface area (Å²) >= 11 is 0. The summed E-state index contributed by atoms with van der Waals surface area (Å²) in [6.07, 6.45) is 3.92. The Morgan fingerprint density at radius 2 is 2.31 bits per heavy atom. The number of ether oxygens (including phenoxy) is 2. The fraction of sp³-hybridized carbons (Fsp3) is 0.316. The molecule has 2 aromatic rings. The summed E-state index contributed by atoms with van der Waals surface area (Å²) in [6.45, 7) is 8.25. The second-order valence-electron chi connectivity index (χ2n) is 5.90. The molecule has 0 spiro atoms. The topological polar surface area (TPSA) is 78.3 Å². The van der Waals surface area contributed by atoms with E-state index in [1.165, 1.54) is 6.33 Å². The number of hydrogen-bond donors (Lipinski definition) is 1. The lowest BCUT2D eigenvalue weighted by atomic mass is 9.95. The number of esters is 1. The van der Waals surface area contributed by atoms with Crippen molar-refractivity contribution in [1.29, 1.82) is 0 Å². The molecule has 7 nitrogen and oxygen atoms in total. The van der Waals surface area contributed by atoms with Crippen LogP contribution in [-0.2, 0) is 9.53 Å². The number of rotatable bonds is 7. The van der Waals surface area contributed by atoms with Crippen LogP contribution in [0.25, 0.3) is 0 Å². The van der Waals surface area contributed by atoms with Gasteiger partial charge >= 0.3 is 5.97 Å². The third kappa shape index (κ3) is 3.46. The third-order valence-corrected chi connectivity index (χ3v) is 3.99. The lowest BCUT2D eigenvalue weighted by Crippen LogP contribution is -2.29. The van der Waals surface area contributed by atoms with E-state index in [1.54, 1.807) is 10.8 Å². The molecule has 1 aromatic carbocycles. The molecular weight excluding hydrogens is 332 g/mol. The Kier molecular flexibility index (Phi) is 5.36. The van der Waals surface area contributed by atoms with Gasteiger partial charge < -0.3 is 14.8 Å². The largest absolute Gasteiger partial charge is 0.494 e. The monoisotopic (exact) mass is 354 g/mol. The SMILES string of the molecule is C=CCOC(=O)C1=C(C)Nc2ncnn2C1c1cccc(OCCC)c1. The summed E-state index contributed by atoms with van der Waals surface area (Å²) in [4.78, 5) is 16.9. The molecule has 0 fully saturated rings. The first kappa shape index (κ1) is 17.7. The molecular formula is C19H22N4O3. The second kappa shape index (κ2) is 7.86. The quantitative estimate of drug-likeness (QED) is 0.608. The number of carbonyl (C=O) groups is 1. The van der Waals surface area contributed by atoms with Gasteiger partial charge in [-0.1, -0.05) is 31.7 Å². The summed E-state index contributed by atoms with van der Waals surface area (Å²) in [7, 11) is 0. The number of aromatic nitrogens is 3. The van der Waals surface area contributed by atoms with Crippen molar-refractivity contribution in [3.63, 3.8) is 0 Å². The molecule has 26 heavy (non-hydrogen) atoms. The molecule has 0 amide bonds. The number of nitrogens with zero attached hydrogens (tertiary/aromatic N) is 3. The van der Waals surface area contributed by atoms with Crippen molar-refractivity contribution >= 4 is 11.9 Å². The van der Waals surface area contributed by atoms with Crippen molar-refractivity contribution < 1.29 is 14.3 Å². The van der Waals surface area contributed by atoms with E-state index in [0.29, 0.717) is 23.8 Å². The van der Waals surface area contributed by atoms with E-state index in [2.05, 4.69) is 28.9 Å². The van der Waals surface area contributed by atoms with E-state index < -0.39 is 12.0 Å². The predicted octanol–water partition coefficient (Wildman–Crippen LogP) is 3.09. The van der Waals surface area contributed by atoms with E-state index >= 15 is 0 Å². The second-order valence-corrected chi connectivity index (χ2v) is 5.90. The molecule has 1 atom stereocenters. The predicted molar refractivity (Wildman–Crippen MR) is 97.9 cm³/mol. The smallest absolute Gasteiger partial charge is 0.338 e. The van der Waals surface area contributed by atoms with Crippen LogP contribution in [0.2, 0.25) is 0 Å². The maximum Gasteiger partial charge on any atom is 0.338 e. The van der Waals surface area contributed by atoms with Crippen LogP contribution in [0.4, 0.5) is 5.95 Å². The van der Waals surface area contributed by atoms with E-state index in [-0.39, 0.29) is 6.61 Å². The number of fused-ring (bicyclic) bond motifs is 1. The van der Waals surface area contributed by atoms with Crippen LogP contribution in [0.1, 0.15) is 31.9 Å². The molecule has 1 aliphatic heterocycles. The maximum absolute atomic E-state index is 12.7. The summed E-state index contributed by atoms with van der Waals surface area (Å²) in [5.41, 5.74) is 2.04. The highest BCUT2D eigenvalue weighted by Gasteiger charge is 2.34. The fourth-order valence-corrected chi connectivity index (χ4v) is 2.87. The number of hydrogen-bond acceptors (Lipinski definition) is 6. The average molecular weight is 354 g/mol. The van der Waals surface area contributed by atoms with Gasteiger partial charge in [-0.05, 0) is 31.0 Å². The molecule has 0 aliphatic carbocycles. The molecule has 7 heteroatoms. The van der Waals surface area contributed by atoms with Crippen molar-refractivity contribution in [1.82, 2.24) is 14.8 Å². The zero-order valence-corrected chi connectivity index (χ0v) is 14.9. The molecule has 3 rings (SSSR count). The van der Waals surface area contributed by atoms with Crippen LogP contribution in [-0.4, -0.2) is 33.9 Å². The number of allylic oxidation sites excluding steroid dienone is 1. The fourth-order valence-electron chi connectivity index (χ4n) is 2.87. The Bertz CT molecular complexity index is 841. The number of anilines is 1. The van der Waals surface area contributed by atoms with Gasteiger partial charge in [0.15, 0.2) is 0 Å². The number of benzene rings is 1. The number of nitrogens with one attached hydrogen (secondary N) is 1. The van der Waals surface area contributed by atoms with Crippen molar-refractivity contribution in [2.75, 3.05) is 18.5 Å². The van der Waals surface area contributed by atoms with Crippen LogP contribution in [0, 0.1) is 0 Å². The van der Waals surface area contributed by atoms with Gasteiger partial charge in [-0.15, -0.1) is 0 Å². The molecule has 1 aliphatic rings. The van der Waals surface area contributed by atoms with Crippen molar-refractivity contribution in [2.45, 2.75) is 26.3 Å². The van der Waals surface area contributed by atoms with Crippen LogP contribution >= 0.6 is 0 Å². The molecule has 0 radical (unpaired) electrons. The first-order valence-corrected chi connectivity index (χ1v) is 8.53. The van der Waals surface area contributed by atoms with Crippen LogP contribution < -0.4 is 10.1 Å². The molecule has 1 unspecified atom stereocenters. The van der Waals surface area contributed by atoms with Crippen molar-refractivity contribution in [3.05, 3.63) is 60.1 Å². The first-order valence-electron chi connectivity index (χ1n) is 8.53. The Labute approximate surface area is 152 Å². The lowest BCUT2D eigenvalue weighted by Gasteiger charge is -2.28. The molecule has 0 bridgehead atoms. The minimum absolute atomic E-state index is 0.145. The van der Waals surface area contributed by atoms with Gasteiger partial charge in [0, 0.05) is 5.70 Å². The third-order valence-electron chi connectivity index (χ3n) is 3.99. The highest BCUT2D eigenvalue weighted by molar-refractivity contribution is 5.92.